The van der Waals surface area contributed by atoms with E-state index in [0.717, 1.165) is 13.1 Å². The Morgan fingerprint density at radius 3 is 2.48 bits per heavy atom. The fraction of sp³-hybridized carbons (Fsp3) is 0.353. The summed E-state index contributed by atoms with van der Waals surface area (Å²) in [6, 6.07) is 14.9. The van der Waals surface area contributed by atoms with Crippen molar-refractivity contribution in [3.05, 3.63) is 42.5 Å². The Bertz CT molecular complexity index is 633. The number of hydrogen-bond donors (Lipinski definition) is 0. The molecule has 4 nitrogen and oxygen atoms in total. The van der Waals surface area contributed by atoms with Crippen molar-refractivity contribution < 1.29 is 9.53 Å². The molecule has 4 heteroatoms. The molecule has 0 aromatic heterocycles. The number of anilines is 1. The molecule has 0 saturated carbocycles. The monoisotopic (exact) mass is 284 g/mol. The van der Waals surface area contributed by atoms with Crippen molar-refractivity contribution in [3.63, 3.8) is 0 Å². The minimum atomic E-state index is -0.198. The Morgan fingerprint density at radius 2 is 1.76 bits per heavy atom. The molecule has 1 amide bonds. The number of carbonyl (C=O) groups is 1. The maximum Gasteiger partial charge on any atom is 0.409 e. The number of piperazine rings is 1. The molecular weight excluding hydrogens is 264 g/mol. The fourth-order valence-corrected chi connectivity index (χ4v) is 2.74. The number of hydrogen-bond acceptors (Lipinski definition) is 3. The third-order valence-corrected chi connectivity index (χ3v) is 3.90. The summed E-state index contributed by atoms with van der Waals surface area (Å²) in [5.41, 5.74) is 1.22. The van der Waals surface area contributed by atoms with Gasteiger partial charge in [-0.25, -0.2) is 4.79 Å². The molecule has 0 spiro atoms. The van der Waals surface area contributed by atoms with Crippen LogP contribution in [0.4, 0.5) is 10.5 Å². The van der Waals surface area contributed by atoms with Gasteiger partial charge < -0.3 is 14.5 Å². The number of rotatable bonds is 2. The Labute approximate surface area is 124 Å². The van der Waals surface area contributed by atoms with Gasteiger partial charge in [0, 0.05) is 31.9 Å². The Hall–Kier alpha value is -2.23. The molecule has 1 heterocycles. The lowest BCUT2D eigenvalue weighted by molar-refractivity contribution is 0.105. The van der Waals surface area contributed by atoms with E-state index in [4.69, 9.17) is 4.74 Å². The van der Waals surface area contributed by atoms with Crippen molar-refractivity contribution in [1.29, 1.82) is 0 Å². The topological polar surface area (TPSA) is 32.8 Å². The van der Waals surface area contributed by atoms with Crippen molar-refractivity contribution in [2.75, 3.05) is 37.7 Å². The van der Waals surface area contributed by atoms with Crippen molar-refractivity contribution in [3.8, 4) is 0 Å². The highest BCUT2D eigenvalue weighted by Gasteiger charge is 2.21. The van der Waals surface area contributed by atoms with Crippen LogP contribution < -0.4 is 4.90 Å². The van der Waals surface area contributed by atoms with Gasteiger partial charge in [-0.05, 0) is 29.8 Å². The van der Waals surface area contributed by atoms with E-state index in [0.29, 0.717) is 19.7 Å². The van der Waals surface area contributed by atoms with Crippen LogP contribution in [-0.2, 0) is 4.74 Å². The molecule has 0 N–H and O–H groups in total. The Balaban J connectivity index is 1.69. The summed E-state index contributed by atoms with van der Waals surface area (Å²) in [4.78, 5) is 15.8. The third-order valence-electron chi connectivity index (χ3n) is 3.90. The summed E-state index contributed by atoms with van der Waals surface area (Å²) >= 11 is 0. The van der Waals surface area contributed by atoms with Gasteiger partial charge in [0.15, 0.2) is 0 Å². The summed E-state index contributed by atoms with van der Waals surface area (Å²) in [5.74, 6) is 0. The molecule has 0 atom stereocenters. The van der Waals surface area contributed by atoms with Crippen LogP contribution in [0.3, 0.4) is 0 Å². The van der Waals surface area contributed by atoms with Crippen molar-refractivity contribution >= 4 is 22.6 Å². The van der Waals surface area contributed by atoms with Crippen LogP contribution in [0.1, 0.15) is 6.92 Å². The number of amides is 1. The molecule has 0 radical (unpaired) electrons. The predicted molar refractivity (Wildman–Crippen MR) is 84.8 cm³/mol. The van der Waals surface area contributed by atoms with Gasteiger partial charge in [0.05, 0.1) is 6.61 Å². The molecule has 110 valence electrons. The number of carbonyl (C=O) groups excluding carboxylic acids is 1. The molecule has 21 heavy (non-hydrogen) atoms. The Kier molecular flexibility index (Phi) is 3.95. The van der Waals surface area contributed by atoms with Gasteiger partial charge in [-0.15, -0.1) is 0 Å². The molecule has 2 aromatic rings. The summed E-state index contributed by atoms with van der Waals surface area (Å²) in [6.07, 6.45) is -0.198. The smallest absolute Gasteiger partial charge is 0.409 e. The molecule has 0 aliphatic carbocycles. The lowest BCUT2D eigenvalue weighted by Gasteiger charge is -2.35. The highest BCUT2D eigenvalue weighted by atomic mass is 16.6. The second-order valence-electron chi connectivity index (χ2n) is 5.20. The predicted octanol–water partition coefficient (Wildman–Crippen LogP) is 3.12. The maximum absolute atomic E-state index is 11.7. The van der Waals surface area contributed by atoms with Crippen LogP contribution in [0.15, 0.2) is 42.5 Å². The van der Waals surface area contributed by atoms with Gasteiger partial charge in [-0.3, -0.25) is 0 Å². The molecule has 1 saturated heterocycles. The lowest BCUT2D eigenvalue weighted by Crippen LogP contribution is -2.49. The molecule has 1 aliphatic heterocycles. The van der Waals surface area contributed by atoms with Gasteiger partial charge in [0.25, 0.3) is 0 Å². The zero-order valence-electron chi connectivity index (χ0n) is 12.3. The van der Waals surface area contributed by atoms with Gasteiger partial charge in [-0.2, -0.15) is 0 Å². The molecule has 1 fully saturated rings. The molecule has 0 unspecified atom stereocenters. The lowest BCUT2D eigenvalue weighted by atomic mass is 10.1. The molecule has 1 aliphatic rings. The first-order valence-electron chi connectivity index (χ1n) is 7.43. The summed E-state index contributed by atoms with van der Waals surface area (Å²) in [5, 5.41) is 2.51. The van der Waals surface area contributed by atoms with E-state index in [1.54, 1.807) is 4.90 Å². The van der Waals surface area contributed by atoms with E-state index < -0.39 is 0 Å². The Morgan fingerprint density at radius 1 is 1.05 bits per heavy atom. The van der Waals surface area contributed by atoms with Crippen molar-refractivity contribution in [1.82, 2.24) is 4.90 Å². The van der Waals surface area contributed by atoms with Crippen molar-refractivity contribution in [2.24, 2.45) is 0 Å². The number of nitrogens with zero attached hydrogens (tertiary/aromatic N) is 2. The van der Waals surface area contributed by atoms with Crippen LogP contribution in [0, 0.1) is 0 Å². The largest absolute Gasteiger partial charge is 0.450 e. The average Bonchev–Trinajstić information content (AvgIpc) is 2.55. The van der Waals surface area contributed by atoms with Gasteiger partial charge >= 0.3 is 6.09 Å². The number of ether oxygens (including phenoxy) is 1. The molecule has 2 aromatic carbocycles. The van der Waals surface area contributed by atoms with E-state index in [2.05, 4.69) is 47.4 Å². The number of benzene rings is 2. The highest BCUT2D eigenvalue weighted by molar-refractivity contribution is 5.85. The number of fused-ring (bicyclic) bond motifs is 1. The summed E-state index contributed by atoms with van der Waals surface area (Å²) in [6.45, 7) is 5.39. The second-order valence-corrected chi connectivity index (χ2v) is 5.20. The van der Waals surface area contributed by atoms with Crippen LogP contribution >= 0.6 is 0 Å². The zero-order valence-corrected chi connectivity index (χ0v) is 12.3. The van der Waals surface area contributed by atoms with Crippen molar-refractivity contribution in [2.45, 2.75) is 6.92 Å². The summed E-state index contributed by atoms with van der Waals surface area (Å²) < 4.78 is 5.05. The van der Waals surface area contributed by atoms with Crippen LogP contribution in [-0.4, -0.2) is 43.8 Å². The molecular formula is C17H20N2O2. The maximum atomic E-state index is 11.7. The van der Waals surface area contributed by atoms with Crippen LogP contribution in [0.2, 0.25) is 0 Å². The van der Waals surface area contributed by atoms with E-state index in [9.17, 15) is 4.79 Å². The van der Waals surface area contributed by atoms with Gasteiger partial charge in [0.1, 0.15) is 0 Å². The normalized spacial score (nSPS) is 15.3. The quantitative estimate of drug-likeness (QED) is 0.849. The minimum Gasteiger partial charge on any atom is -0.450 e. The second kappa shape index (κ2) is 6.04. The average molecular weight is 284 g/mol. The van der Waals surface area contributed by atoms with E-state index in [-0.39, 0.29) is 6.09 Å². The standard InChI is InChI=1S/C17H20N2O2/c1-2-21-17(20)19-11-9-18(10-12-19)16-8-7-14-5-3-4-6-15(14)13-16/h3-8,13H,2,9-12H2,1H3. The fourth-order valence-electron chi connectivity index (χ4n) is 2.74. The van der Waals surface area contributed by atoms with Gasteiger partial charge in [0.2, 0.25) is 0 Å². The van der Waals surface area contributed by atoms with E-state index >= 15 is 0 Å². The first kappa shape index (κ1) is 13.7. The minimum absolute atomic E-state index is 0.198. The van der Waals surface area contributed by atoms with E-state index in [1.807, 2.05) is 6.92 Å². The highest BCUT2D eigenvalue weighted by Crippen LogP contribution is 2.23. The summed E-state index contributed by atoms with van der Waals surface area (Å²) in [7, 11) is 0. The van der Waals surface area contributed by atoms with E-state index in [1.165, 1.54) is 16.5 Å². The first-order chi connectivity index (χ1) is 10.3. The zero-order chi connectivity index (χ0) is 14.7. The molecule has 3 rings (SSSR count). The SMILES string of the molecule is CCOC(=O)N1CCN(c2ccc3ccccc3c2)CC1. The first-order valence-corrected chi connectivity index (χ1v) is 7.43. The molecule has 0 bridgehead atoms. The van der Waals surface area contributed by atoms with Gasteiger partial charge in [-0.1, -0.05) is 30.3 Å². The third kappa shape index (κ3) is 2.94. The van der Waals surface area contributed by atoms with Crippen LogP contribution in [0.25, 0.3) is 10.8 Å². The van der Waals surface area contributed by atoms with Crippen LogP contribution in [0.5, 0.6) is 0 Å².